The van der Waals surface area contributed by atoms with Crippen molar-refractivity contribution in [1.29, 1.82) is 0 Å². The molecule has 8 heteroatoms. The first-order chi connectivity index (χ1) is 8.68. The maximum atomic E-state index is 11.6. The van der Waals surface area contributed by atoms with E-state index in [9.17, 15) is 19.8 Å². The summed E-state index contributed by atoms with van der Waals surface area (Å²) in [7, 11) is 2.91. The third-order valence-corrected chi connectivity index (χ3v) is 2.34. The number of rotatable bonds is 8. The number of methoxy groups -OCH3 is 1. The molecule has 19 heavy (non-hydrogen) atoms. The lowest BCUT2D eigenvalue weighted by Gasteiger charge is -2.25. The second-order valence-corrected chi connectivity index (χ2v) is 4.72. The molecule has 0 aliphatic heterocycles. The van der Waals surface area contributed by atoms with Crippen molar-refractivity contribution >= 4 is 12.0 Å². The number of hydrogen-bond acceptors (Lipinski definition) is 5. The minimum Gasteiger partial charge on any atom is -0.481 e. The standard InChI is InChI=1S/C11H22N2O6/c1-11(18,4-9(15)16)7-12-10(17)13(2)5-8(14)6-19-3/h8,14,18H,4-7H2,1-3H3,(H,12,17)(H,15,16). The van der Waals surface area contributed by atoms with E-state index in [0.717, 1.165) is 0 Å². The smallest absolute Gasteiger partial charge is 0.317 e. The van der Waals surface area contributed by atoms with Gasteiger partial charge in [0.15, 0.2) is 0 Å². The van der Waals surface area contributed by atoms with Crippen molar-refractivity contribution < 1.29 is 29.6 Å². The monoisotopic (exact) mass is 278 g/mol. The van der Waals surface area contributed by atoms with Gasteiger partial charge in [0.25, 0.3) is 0 Å². The molecular formula is C11H22N2O6. The van der Waals surface area contributed by atoms with E-state index in [1.165, 1.54) is 26.0 Å². The maximum absolute atomic E-state index is 11.6. The molecule has 0 rings (SSSR count). The number of urea groups is 1. The predicted molar refractivity (Wildman–Crippen MR) is 66.8 cm³/mol. The third kappa shape index (κ3) is 8.36. The summed E-state index contributed by atoms with van der Waals surface area (Å²) in [5.74, 6) is -1.15. The lowest BCUT2D eigenvalue weighted by Crippen LogP contribution is -2.48. The number of carboxylic acid groups (broad SMARTS) is 1. The van der Waals surface area contributed by atoms with Crippen LogP contribution in [0.2, 0.25) is 0 Å². The fourth-order valence-electron chi connectivity index (χ4n) is 1.43. The van der Waals surface area contributed by atoms with Gasteiger partial charge in [-0.2, -0.15) is 0 Å². The maximum Gasteiger partial charge on any atom is 0.317 e. The first-order valence-electron chi connectivity index (χ1n) is 5.78. The summed E-state index contributed by atoms with van der Waals surface area (Å²) in [6.45, 7) is 1.30. The van der Waals surface area contributed by atoms with Crippen LogP contribution in [0.3, 0.4) is 0 Å². The summed E-state index contributed by atoms with van der Waals surface area (Å²) in [5.41, 5.74) is -1.52. The molecule has 4 N–H and O–H groups in total. The lowest BCUT2D eigenvalue weighted by molar-refractivity contribution is -0.141. The predicted octanol–water partition coefficient (Wildman–Crippen LogP) is -1.14. The van der Waals surface area contributed by atoms with Crippen LogP contribution in [-0.2, 0) is 9.53 Å². The van der Waals surface area contributed by atoms with Gasteiger partial charge in [0, 0.05) is 20.7 Å². The zero-order chi connectivity index (χ0) is 15.1. The summed E-state index contributed by atoms with van der Waals surface area (Å²) < 4.78 is 4.73. The molecule has 0 spiro atoms. The van der Waals surface area contributed by atoms with E-state index in [1.54, 1.807) is 0 Å². The summed E-state index contributed by atoms with van der Waals surface area (Å²) >= 11 is 0. The van der Waals surface area contributed by atoms with Crippen LogP contribution in [0, 0.1) is 0 Å². The first kappa shape index (κ1) is 17.6. The van der Waals surface area contributed by atoms with Crippen molar-refractivity contribution in [2.75, 3.05) is 33.9 Å². The van der Waals surface area contributed by atoms with E-state index in [1.807, 2.05) is 0 Å². The van der Waals surface area contributed by atoms with E-state index in [4.69, 9.17) is 9.84 Å². The fourth-order valence-corrected chi connectivity index (χ4v) is 1.43. The highest BCUT2D eigenvalue weighted by Crippen LogP contribution is 2.07. The van der Waals surface area contributed by atoms with Crippen molar-refractivity contribution in [1.82, 2.24) is 10.2 Å². The van der Waals surface area contributed by atoms with Crippen molar-refractivity contribution in [3.63, 3.8) is 0 Å². The normalized spacial score (nSPS) is 15.4. The number of carboxylic acids is 1. The molecule has 0 saturated carbocycles. The van der Waals surface area contributed by atoms with Gasteiger partial charge in [0.05, 0.1) is 31.3 Å². The number of amides is 2. The number of carbonyl (C=O) groups excluding carboxylic acids is 1. The molecule has 0 radical (unpaired) electrons. The van der Waals surface area contributed by atoms with E-state index >= 15 is 0 Å². The minimum absolute atomic E-state index is 0.0702. The molecule has 0 aliphatic rings. The van der Waals surface area contributed by atoms with Crippen molar-refractivity contribution in [3.8, 4) is 0 Å². The summed E-state index contributed by atoms with van der Waals surface area (Å²) in [4.78, 5) is 23.3. The van der Waals surface area contributed by atoms with E-state index < -0.39 is 30.1 Å². The van der Waals surface area contributed by atoms with E-state index in [0.29, 0.717) is 0 Å². The molecule has 2 amide bonds. The average molecular weight is 278 g/mol. The number of likely N-dealkylation sites (N-methyl/N-ethyl adjacent to an activating group) is 1. The van der Waals surface area contributed by atoms with Gasteiger partial charge in [-0.3, -0.25) is 4.79 Å². The molecule has 0 aromatic heterocycles. The molecule has 0 heterocycles. The second-order valence-electron chi connectivity index (χ2n) is 4.72. The molecule has 0 saturated heterocycles. The number of ether oxygens (including phenoxy) is 1. The van der Waals surface area contributed by atoms with Gasteiger partial charge in [-0.25, -0.2) is 4.79 Å². The number of aliphatic hydroxyl groups excluding tert-OH is 1. The Bertz CT molecular complexity index is 308. The van der Waals surface area contributed by atoms with E-state index in [-0.39, 0.29) is 19.7 Å². The minimum atomic E-state index is -1.52. The van der Waals surface area contributed by atoms with Gasteiger partial charge in [-0.05, 0) is 6.92 Å². The van der Waals surface area contributed by atoms with Crippen LogP contribution in [0.1, 0.15) is 13.3 Å². The Balaban J connectivity index is 4.12. The van der Waals surface area contributed by atoms with Crippen molar-refractivity contribution in [2.45, 2.75) is 25.0 Å². The van der Waals surface area contributed by atoms with Crippen LogP contribution in [0.25, 0.3) is 0 Å². The highest BCUT2D eigenvalue weighted by molar-refractivity contribution is 5.74. The third-order valence-electron chi connectivity index (χ3n) is 2.34. The summed E-state index contributed by atoms with van der Waals surface area (Å²) in [6, 6.07) is -0.513. The molecule has 0 aromatic rings. The number of aliphatic carboxylic acids is 1. The quantitative estimate of drug-likeness (QED) is 0.445. The number of aliphatic hydroxyl groups is 2. The van der Waals surface area contributed by atoms with Gasteiger partial charge >= 0.3 is 12.0 Å². The largest absolute Gasteiger partial charge is 0.481 e. The van der Waals surface area contributed by atoms with Crippen LogP contribution in [0.4, 0.5) is 4.79 Å². The molecule has 8 nitrogen and oxygen atoms in total. The zero-order valence-corrected chi connectivity index (χ0v) is 11.4. The molecule has 0 aliphatic carbocycles. The van der Waals surface area contributed by atoms with Crippen molar-refractivity contribution in [3.05, 3.63) is 0 Å². The SMILES string of the molecule is COCC(O)CN(C)C(=O)NCC(C)(O)CC(=O)O. The van der Waals surface area contributed by atoms with Gasteiger partial charge in [0.2, 0.25) is 0 Å². The molecule has 0 aromatic carbocycles. The van der Waals surface area contributed by atoms with Crippen LogP contribution in [-0.4, -0.2) is 77.8 Å². The van der Waals surface area contributed by atoms with Crippen LogP contribution in [0.15, 0.2) is 0 Å². The Morgan fingerprint density at radius 3 is 2.53 bits per heavy atom. The highest BCUT2D eigenvalue weighted by Gasteiger charge is 2.25. The summed E-state index contributed by atoms with van der Waals surface area (Å²) in [6.07, 6.45) is -1.27. The van der Waals surface area contributed by atoms with E-state index in [2.05, 4.69) is 5.32 Å². The van der Waals surface area contributed by atoms with Crippen LogP contribution < -0.4 is 5.32 Å². The Hall–Kier alpha value is -1.38. The Kier molecular flexibility index (Phi) is 7.35. The molecule has 0 bridgehead atoms. The Labute approximate surface area is 112 Å². The van der Waals surface area contributed by atoms with Crippen molar-refractivity contribution in [2.24, 2.45) is 0 Å². The average Bonchev–Trinajstić information content (AvgIpc) is 2.24. The molecule has 0 fully saturated rings. The van der Waals surface area contributed by atoms with Gasteiger partial charge in [0.1, 0.15) is 0 Å². The lowest BCUT2D eigenvalue weighted by atomic mass is 10.0. The van der Waals surface area contributed by atoms with Crippen LogP contribution >= 0.6 is 0 Å². The highest BCUT2D eigenvalue weighted by atomic mass is 16.5. The molecule has 112 valence electrons. The van der Waals surface area contributed by atoms with Gasteiger partial charge in [-0.1, -0.05) is 0 Å². The zero-order valence-electron chi connectivity index (χ0n) is 11.4. The molecular weight excluding hydrogens is 256 g/mol. The number of nitrogens with zero attached hydrogens (tertiary/aromatic N) is 1. The Morgan fingerprint density at radius 1 is 1.47 bits per heavy atom. The van der Waals surface area contributed by atoms with Crippen LogP contribution in [0.5, 0.6) is 0 Å². The topological polar surface area (TPSA) is 119 Å². The second kappa shape index (κ2) is 7.93. The van der Waals surface area contributed by atoms with Gasteiger partial charge < -0.3 is 30.3 Å². The number of nitrogens with one attached hydrogen (secondary N) is 1. The fraction of sp³-hybridized carbons (Fsp3) is 0.818. The number of carbonyl (C=O) groups is 2. The molecule has 2 atom stereocenters. The Morgan fingerprint density at radius 2 is 2.05 bits per heavy atom. The van der Waals surface area contributed by atoms with Gasteiger partial charge in [-0.15, -0.1) is 0 Å². The number of hydrogen-bond donors (Lipinski definition) is 4. The first-order valence-corrected chi connectivity index (χ1v) is 5.78. The summed E-state index contributed by atoms with van der Waals surface area (Å²) in [5, 5.41) is 30.1. The molecule has 2 unspecified atom stereocenters.